The van der Waals surface area contributed by atoms with Crippen molar-refractivity contribution in [3.8, 4) is 0 Å². The Labute approximate surface area is 120 Å². The van der Waals surface area contributed by atoms with Gasteiger partial charge in [0, 0.05) is 13.1 Å². The van der Waals surface area contributed by atoms with Gasteiger partial charge in [0.05, 0.1) is 0 Å². The van der Waals surface area contributed by atoms with Crippen LogP contribution in [0, 0.1) is 0 Å². The summed E-state index contributed by atoms with van der Waals surface area (Å²) in [5.41, 5.74) is 4.83. The first-order valence-electron chi connectivity index (χ1n) is 8.17. The minimum Gasteiger partial charge on any atom is -0.299 e. The van der Waals surface area contributed by atoms with Crippen molar-refractivity contribution in [2.24, 2.45) is 0 Å². The maximum Gasteiger partial charge on any atom is 0.0236 e. The summed E-state index contributed by atoms with van der Waals surface area (Å²) in [6.45, 7) is 12.3. The molecule has 0 fully saturated rings. The molecule has 0 amide bonds. The van der Waals surface area contributed by atoms with Crippen molar-refractivity contribution in [3.05, 3.63) is 34.9 Å². The smallest absolute Gasteiger partial charge is 0.0236 e. The summed E-state index contributed by atoms with van der Waals surface area (Å²) in [6, 6.07) is 6.89. The van der Waals surface area contributed by atoms with Gasteiger partial charge in [0.25, 0.3) is 0 Å². The van der Waals surface area contributed by atoms with Gasteiger partial charge in [-0.15, -0.1) is 0 Å². The van der Waals surface area contributed by atoms with Gasteiger partial charge in [0.15, 0.2) is 0 Å². The molecule has 0 bridgehead atoms. The molecule has 1 heteroatoms. The lowest BCUT2D eigenvalue weighted by molar-refractivity contribution is 0.250. The summed E-state index contributed by atoms with van der Waals surface area (Å²) < 4.78 is 0. The van der Waals surface area contributed by atoms with E-state index in [-0.39, 0.29) is 0 Å². The lowest BCUT2D eigenvalue weighted by Gasteiger charge is -2.30. The van der Waals surface area contributed by atoms with E-state index in [9.17, 15) is 0 Å². The summed E-state index contributed by atoms with van der Waals surface area (Å²) in [7, 11) is 0. The van der Waals surface area contributed by atoms with Crippen LogP contribution >= 0.6 is 0 Å². The van der Waals surface area contributed by atoms with Gasteiger partial charge in [0.2, 0.25) is 0 Å². The summed E-state index contributed by atoms with van der Waals surface area (Å²) >= 11 is 0. The Hall–Kier alpha value is -0.820. The molecule has 2 rings (SSSR count). The predicted octanol–water partition coefficient (Wildman–Crippen LogP) is 4.82. The van der Waals surface area contributed by atoms with Crippen LogP contribution in [0.4, 0.5) is 0 Å². The lowest BCUT2D eigenvalue weighted by atomic mass is 9.92. The molecule has 0 aliphatic carbocycles. The molecule has 0 spiro atoms. The van der Waals surface area contributed by atoms with E-state index in [0.717, 1.165) is 0 Å². The van der Waals surface area contributed by atoms with E-state index in [1.807, 2.05) is 13.8 Å². The van der Waals surface area contributed by atoms with Crippen LogP contribution in [0.25, 0.3) is 0 Å². The highest BCUT2D eigenvalue weighted by Gasteiger charge is 2.17. The number of aryl methyl sites for hydroxylation is 1. The maximum atomic E-state index is 2.61. The predicted molar refractivity (Wildman–Crippen MR) is 85.7 cm³/mol. The summed E-state index contributed by atoms with van der Waals surface area (Å²) in [6.07, 6.45) is 6.41. The molecular formula is C18H31N. The fourth-order valence-electron chi connectivity index (χ4n) is 2.82. The van der Waals surface area contributed by atoms with Crippen molar-refractivity contribution < 1.29 is 0 Å². The van der Waals surface area contributed by atoms with Crippen LogP contribution in [-0.2, 0) is 19.4 Å². The molecule has 19 heavy (non-hydrogen) atoms. The van der Waals surface area contributed by atoms with Crippen LogP contribution in [0.1, 0.15) is 63.6 Å². The van der Waals surface area contributed by atoms with Gasteiger partial charge >= 0.3 is 0 Å². The van der Waals surface area contributed by atoms with Gasteiger partial charge in [0.1, 0.15) is 0 Å². The summed E-state index contributed by atoms with van der Waals surface area (Å²) in [5.74, 6) is 0. The molecule has 1 nitrogen and oxygen atoms in total. The molecular weight excluding hydrogens is 230 g/mol. The number of fused-ring (bicyclic) bond motifs is 1. The Morgan fingerprint density at radius 2 is 1.89 bits per heavy atom. The molecule has 0 N–H and O–H groups in total. The van der Waals surface area contributed by atoms with E-state index in [1.165, 1.54) is 51.7 Å². The molecule has 0 unspecified atom stereocenters. The second kappa shape index (κ2) is 9.14. The Morgan fingerprint density at radius 1 is 1.11 bits per heavy atom. The highest BCUT2D eigenvalue weighted by Crippen LogP contribution is 2.23. The first-order chi connectivity index (χ1) is 9.35. The van der Waals surface area contributed by atoms with Crippen LogP contribution < -0.4 is 0 Å². The van der Waals surface area contributed by atoms with E-state index < -0.39 is 0 Å². The molecule has 0 atom stereocenters. The molecule has 0 aromatic heterocycles. The minimum atomic E-state index is 1.17. The molecule has 1 aliphatic rings. The SMILES string of the molecule is CC.CCCCN1CCc2c(CCC)cccc2C1. The average Bonchev–Trinajstić information content (AvgIpc) is 2.47. The Kier molecular flexibility index (Phi) is 7.81. The summed E-state index contributed by atoms with van der Waals surface area (Å²) in [4.78, 5) is 2.61. The van der Waals surface area contributed by atoms with Gasteiger partial charge in [-0.2, -0.15) is 0 Å². The molecule has 108 valence electrons. The van der Waals surface area contributed by atoms with Crippen LogP contribution in [0.3, 0.4) is 0 Å². The molecule has 0 saturated heterocycles. The van der Waals surface area contributed by atoms with Crippen molar-refractivity contribution in [2.75, 3.05) is 13.1 Å². The molecule has 1 heterocycles. The van der Waals surface area contributed by atoms with E-state index in [4.69, 9.17) is 0 Å². The summed E-state index contributed by atoms with van der Waals surface area (Å²) in [5, 5.41) is 0. The van der Waals surface area contributed by atoms with Crippen molar-refractivity contribution >= 4 is 0 Å². The second-order valence-corrected chi connectivity index (χ2v) is 5.18. The van der Waals surface area contributed by atoms with Crippen LogP contribution in [0.15, 0.2) is 18.2 Å². The minimum absolute atomic E-state index is 1.17. The number of nitrogens with zero attached hydrogens (tertiary/aromatic N) is 1. The lowest BCUT2D eigenvalue weighted by Crippen LogP contribution is -2.31. The van der Waals surface area contributed by atoms with Gasteiger partial charge in [-0.05, 0) is 42.5 Å². The number of hydrogen-bond donors (Lipinski definition) is 0. The Balaban J connectivity index is 0.000000861. The van der Waals surface area contributed by atoms with Crippen molar-refractivity contribution in [1.29, 1.82) is 0 Å². The maximum absolute atomic E-state index is 2.61. The first kappa shape index (κ1) is 16.2. The number of benzene rings is 1. The standard InChI is InChI=1S/C16H25N.C2H6/c1-3-5-11-17-12-10-16-14(7-4-2)8-6-9-15(16)13-17;1-2/h6,8-9H,3-5,7,10-13H2,1-2H3;1-2H3. The zero-order valence-electron chi connectivity index (χ0n) is 13.3. The fourth-order valence-corrected chi connectivity index (χ4v) is 2.82. The molecule has 0 radical (unpaired) electrons. The third kappa shape index (κ3) is 4.65. The van der Waals surface area contributed by atoms with Crippen LogP contribution in [0.5, 0.6) is 0 Å². The number of hydrogen-bond acceptors (Lipinski definition) is 1. The van der Waals surface area contributed by atoms with Crippen LogP contribution in [-0.4, -0.2) is 18.0 Å². The third-order valence-corrected chi connectivity index (χ3v) is 3.79. The van der Waals surface area contributed by atoms with Crippen molar-refractivity contribution in [1.82, 2.24) is 4.90 Å². The number of rotatable bonds is 5. The monoisotopic (exact) mass is 261 g/mol. The van der Waals surface area contributed by atoms with Gasteiger partial charge < -0.3 is 0 Å². The van der Waals surface area contributed by atoms with Gasteiger partial charge in [-0.3, -0.25) is 4.90 Å². The topological polar surface area (TPSA) is 3.24 Å². The number of unbranched alkanes of at least 4 members (excludes halogenated alkanes) is 1. The zero-order valence-corrected chi connectivity index (χ0v) is 13.3. The van der Waals surface area contributed by atoms with Crippen molar-refractivity contribution in [2.45, 2.75) is 66.3 Å². The largest absolute Gasteiger partial charge is 0.299 e. The average molecular weight is 261 g/mol. The second-order valence-electron chi connectivity index (χ2n) is 5.18. The van der Waals surface area contributed by atoms with E-state index >= 15 is 0 Å². The third-order valence-electron chi connectivity index (χ3n) is 3.79. The Bertz CT molecular complexity index is 357. The zero-order chi connectivity index (χ0) is 14.1. The normalized spacial score (nSPS) is 14.5. The molecule has 1 aromatic rings. The highest BCUT2D eigenvalue weighted by molar-refractivity contribution is 5.37. The molecule has 0 saturated carbocycles. The highest BCUT2D eigenvalue weighted by atomic mass is 15.1. The van der Waals surface area contributed by atoms with Crippen molar-refractivity contribution in [3.63, 3.8) is 0 Å². The molecule has 1 aromatic carbocycles. The Morgan fingerprint density at radius 3 is 2.58 bits per heavy atom. The van der Waals surface area contributed by atoms with E-state index in [1.54, 1.807) is 16.7 Å². The van der Waals surface area contributed by atoms with E-state index in [2.05, 4.69) is 36.9 Å². The van der Waals surface area contributed by atoms with Gasteiger partial charge in [-0.1, -0.05) is 58.7 Å². The van der Waals surface area contributed by atoms with Crippen LogP contribution in [0.2, 0.25) is 0 Å². The van der Waals surface area contributed by atoms with Gasteiger partial charge in [-0.25, -0.2) is 0 Å². The molecule has 1 aliphatic heterocycles. The quantitative estimate of drug-likeness (QED) is 0.734. The first-order valence-corrected chi connectivity index (χ1v) is 8.17. The fraction of sp³-hybridized carbons (Fsp3) is 0.667. The van der Waals surface area contributed by atoms with E-state index in [0.29, 0.717) is 0 Å².